The Morgan fingerprint density at radius 3 is 2.69 bits per heavy atom. The smallest absolute Gasteiger partial charge is 0.321 e. The Morgan fingerprint density at radius 1 is 1.56 bits per heavy atom. The molecule has 0 aliphatic heterocycles. The summed E-state index contributed by atoms with van der Waals surface area (Å²) in [5.41, 5.74) is -1.05. The second-order valence-electron chi connectivity index (χ2n) is 3.66. The molecule has 4 nitrogen and oxygen atoms in total. The Hall–Kier alpha value is -1.43. The van der Waals surface area contributed by atoms with E-state index in [1.54, 1.807) is 0 Å². The number of esters is 1. The predicted molar refractivity (Wildman–Crippen MR) is 56.6 cm³/mol. The molecule has 0 atom stereocenters. The van der Waals surface area contributed by atoms with Crippen molar-refractivity contribution in [2.24, 2.45) is 5.41 Å². The number of methoxy groups -OCH3 is 1. The summed E-state index contributed by atoms with van der Waals surface area (Å²) in [7, 11) is 1.25. The van der Waals surface area contributed by atoms with Crippen molar-refractivity contribution in [2.45, 2.75) is 12.8 Å². The average Bonchev–Trinajstić information content (AvgIpc) is 2.98. The Kier molecular flexibility index (Phi) is 2.67. The van der Waals surface area contributed by atoms with Crippen LogP contribution in [0.15, 0.2) is 11.4 Å². The topological polar surface area (TPSA) is 55.4 Å². The average molecular weight is 243 g/mol. The summed E-state index contributed by atoms with van der Waals surface area (Å²) < 4.78 is 17.3. The van der Waals surface area contributed by atoms with Gasteiger partial charge in [0, 0.05) is 11.4 Å². The van der Waals surface area contributed by atoms with Crippen LogP contribution in [0.3, 0.4) is 0 Å². The van der Waals surface area contributed by atoms with Crippen LogP contribution in [0.2, 0.25) is 0 Å². The molecular weight excluding hydrogens is 233 g/mol. The summed E-state index contributed by atoms with van der Waals surface area (Å²) in [5, 5.41) is 4.21. The third-order valence-corrected chi connectivity index (χ3v) is 3.38. The highest BCUT2D eigenvalue weighted by molar-refractivity contribution is 7.14. The maximum atomic E-state index is 12.7. The maximum Gasteiger partial charge on any atom is 0.321 e. The summed E-state index contributed by atoms with van der Waals surface area (Å²) in [6.45, 7) is 0. The van der Waals surface area contributed by atoms with Crippen LogP contribution in [0.5, 0.6) is 0 Å². The molecule has 1 aliphatic rings. The zero-order valence-corrected chi connectivity index (χ0v) is 9.40. The minimum Gasteiger partial charge on any atom is -0.468 e. The number of carbonyl (C=O) groups excluding carboxylic acids is 2. The number of rotatable bonds is 3. The van der Waals surface area contributed by atoms with Gasteiger partial charge in [-0.05, 0) is 12.8 Å². The Bertz CT molecular complexity index is 439. The van der Waals surface area contributed by atoms with Gasteiger partial charge in [-0.2, -0.15) is 0 Å². The lowest BCUT2D eigenvalue weighted by Gasteiger charge is -2.11. The van der Waals surface area contributed by atoms with E-state index in [2.05, 4.69) is 10.1 Å². The molecule has 0 spiro atoms. The molecule has 1 aromatic rings. The zero-order valence-electron chi connectivity index (χ0n) is 8.58. The highest BCUT2D eigenvalue weighted by atomic mass is 32.1. The van der Waals surface area contributed by atoms with Gasteiger partial charge in [0.15, 0.2) is 0 Å². The largest absolute Gasteiger partial charge is 0.468 e. The van der Waals surface area contributed by atoms with Crippen LogP contribution < -0.4 is 5.32 Å². The number of ether oxygens (including phenoxy) is 1. The maximum absolute atomic E-state index is 12.7. The van der Waals surface area contributed by atoms with Gasteiger partial charge in [0.2, 0.25) is 5.91 Å². The molecule has 1 amide bonds. The van der Waals surface area contributed by atoms with Crippen molar-refractivity contribution in [3.05, 3.63) is 17.3 Å². The van der Waals surface area contributed by atoms with Crippen molar-refractivity contribution < 1.29 is 18.7 Å². The minimum atomic E-state index is -1.05. The van der Waals surface area contributed by atoms with Crippen LogP contribution in [0.25, 0.3) is 0 Å². The number of carbonyl (C=O) groups is 2. The molecule has 2 rings (SSSR count). The molecule has 0 unspecified atom stereocenters. The minimum absolute atomic E-state index is 0.400. The van der Waals surface area contributed by atoms with Gasteiger partial charge in [-0.1, -0.05) is 0 Å². The zero-order chi connectivity index (χ0) is 11.8. The number of anilines is 1. The van der Waals surface area contributed by atoms with Gasteiger partial charge in [-0.25, -0.2) is 4.39 Å². The summed E-state index contributed by atoms with van der Waals surface area (Å²) >= 11 is 1.08. The molecule has 0 aromatic carbocycles. The van der Waals surface area contributed by atoms with E-state index in [9.17, 15) is 14.0 Å². The normalized spacial score (nSPS) is 16.6. The molecule has 0 bridgehead atoms. The van der Waals surface area contributed by atoms with Gasteiger partial charge in [0.1, 0.15) is 11.2 Å². The molecule has 1 fully saturated rings. The third-order valence-electron chi connectivity index (χ3n) is 2.56. The fourth-order valence-electron chi connectivity index (χ4n) is 1.45. The molecule has 1 N–H and O–H groups in total. The van der Waals surface area contributed by atoms with Crippen LogP contribution in [-0.2, 0) is 14.3 Å². The number of thiophene rings is 1. The number of nitrogens with one attached hydrogen (secondary N) is 1. The molecule has 6 heteroatoms. The molecule has 1 aromatic heterocycles. The second kappa shape index (κ2) is 3.86. The van der Waals surface area contributed by atoms with Crippen molar-refractivity contribution >= 4 is 28.2 Å². The van der Waals surface area contributed by atoms with Crippen LogP contribution in [0, 0.1) is 11.2 Å². The van der Waals surface area contributed by atoms with E-state index >= 15 is 0 Å². The third kappa shape index (κ3) is 1.80. The van der Waals surface area contributed by atoms with Crippen LogP contribution in [-0.4, -0.2) is 19.0 Å². The van der Waals surface area contributed by atoms with Gasteiger partial charge in [0.25, 0.3) is 0 Å². The van der Waals surface area contributed by atoms with E-state index < -0.39 is 23.1 Å². The van der Waals surface area contributed by atoms with Gasteiger partial charge in [0.05, 0.1) is 12.1 Å². The summed E-state index contributed by atoms with van der Waals surface area (Å²) in [4.78, 5) is 23.2. The molecule has 86 valence electrons. The highest BCUT2D eigenvalue weighted by Crippen LogP contribution is 2.47. The summed E-state index contributed by atoms with van der Waals surface area (Å²) in [5.74, 6) is -1.34. The monoisotopic (exact) mass is 243 g/mol. The lowest BCUT2D eigenvalue weighted by molar-refractivity contribution is -0.150. The number of hydrogen-bond donors (Lipinski definition) is 1. The Morgan fingerprint density at radius 2 is 2.25 bits per heavy atom. The van der Waals surface area contributed by atoms with Gasteiger partial charge in [-0.3, -0.25) is 9.59 Å². The quantitative estimate of drug-likeness (QED) is 0.650. The lowest BCUT2D eigenvalue weighted by atomic mass is 10.1. The number of hydrogen-bond acceptors (Lipinski definition) is 4. The number of amides is 1. The van der Waals surface area contributed by atoms with E-state index in [0.29, 0.717) is 17.8 Å². The standard InChI is InChI=1S/C10H10FNO3S/c1-15-9(14)10(2-3-10)8(13)12-7-4-6(11)5-16-7/h4-5H,2-3H2,1H3,(H,12,13). The Balaban J connectivity index is 2.06. The van der Waals surface area contributed by atoms with E-state index in [1.165, 1.54) is 18.6 Å². The molecule has 16 heavy (non-hydrogen) atoms. The molecular formula is C10H10FNO3S. The van der Waals surface area contributed by atoms with Gasteiger partial charge < -0.3 is 10.1 Å². The van der Waals surface area contributed by atoms with Gasteiger partial charge >= 0.3 is 5.97 Å². The molecule has 1 heterocycles. The molecule has 0 radical (unpaired) electrons. The highest BCUT2D eigenvalue weighted by Gasteiger charge is 2.57. The van der Waals surface area contributed by atoms with Crippen molar-refractivity contribution in [2.75, 3.05) is 12.4 Å². The van der Waals surface area contributed by atoms with Crippen molar-refractivity contribution in [1.82, 2.24) is 0 Å². The fraction of sp³-hybridized carbons (Fsp3) is 0.400. The van der Waals surface area contributed by atoms with Crippen molar-refractivity contribution in [3.63, 3.8) is 0 Å². The van der Waals surface area contributed by atoms with E-state index in [0.717, 1.165) is 11.3 Å². The van der Waals surface area contributed by atoms with E-state index in [1.807, 2.05) is 0 Å². The van der Waals surface area contributed by atoms with Crippen LogP contribution >= 0.6 is 11.3 Å². The SMILES string of the molecule is COC(=O)C1(C(=O)Nc2cc(F)cs2)CC1. The van der Waals surface area contributed by atoms with E-state index in [4.69, 9.17) is 0 Å². The fourth-order valence-corrected chi connectivity index (χ4v) is 2.09. The van der Waals surface area contributed by atoms with Crippen LogP contribution in [0.1, 0.15) is 12.8 Å². The van der Waals surface area contributed by atoms with Crippen molar-refractivity contribution in [1.29, 1.82) is 0 Å². The molecule has 1 aliphatic carbocycles. The summed E-state index contributed by atoms with van der Waals surface area (Å²) in [6.07, 6.45) is 0.971. The van der Waals surface area contributed by atoms with Crippen molar-refractivity contribution in [3.8, 4) is 0 Å². The van der Waals surface area contributed by atoms with Crippen LogP contribution in [0.4, 0.5) is 9.39 Å². The summed E-state index contributed by atoms with van der Waals surface area (Å²) in [6, 6.07) is 1.22. The Labute approximate surface area is 95.4 Å². The lowest BCUT2D eigenvalue weighted by Crippen LogP contribution is -2.32. The second-order valence-corrected chi connectivity index (χ2v) is 4.57. The first-order valence-electron chi connectivity index (χ1n) is 4.72. The predicted octanol–water partition coefficient (Wildman–Crippen LogP) is 1.78. The number of halogens is 1. The first kappa shape index (κ1) is 11.1. The van der Waals surface area contributed by atoms with E-state index in [-0.39, 0.29) is 0 Å². The van der Waals surface area contributed by atoms with Gasteiger partial charge in [-0.15, -0.1) is 11.3 Å². The molecule has 1 saturated carbocycles. The molecule has 0 saturated heterocycles. The first-order chi connectivity index (χ1) is 7.58. The first-order valence-corrected chi connectivity index (χ1v) is 5.60.